The molecule has 0 unspecified atom stereocenters. The van der Waals surface area contributed by atoms with Crippen LogP contribution in [0.15, 0.2) is 212 Å². The monoisotopic (exact) mass is 837 g/mol. The van der Waals surface area contributed by atoms with Gasteiger partial charge in [0.05, 0.1) is 54.5 Å². The molecule has 0 aliphatic heterocycles. The van der Waals surface area contributed by atoms with Gasteiger partial charge >= 0.3 is 0 Å². The van der Waals surface area contributed by atoms with Crippen molar-refractivity contribution in [2.75, 3.05) is 0 Å². The second kappa shape index (κ2) is 13.6. The van der Waals surface area contributed by atoms with E-state index in [4.69, 9.17) is 15.5 Å². The first-order valence-electron chi connectivity index (χ1n) is 23.3. The molecule has 14 rings (SSSR count). The summed E-state index contributed by atoms with van der Waals surface area (Å²) in [6.45, 7) is 0. The summed E-state index contributed by atoms with van der Waals surface area (Å²) in [5, 5.41) is 7.04. The van der Waals surface area contributed by atoms with Crippen LogP contribution in [0, 0.1) is 0 Å². The van der Waals surface area contributed by atoms with Crippen molar-refractivity contribution in [3.05, 3.63) is 212 Å². The zero-order valence-electron chi connectivity index (χ0n) is 38.0. The fourth-order valence-electron chi connectivity index (χ4n) is 10.1. The molecular weight excluding hydrogens is 799 g/mol. The van der Waals surface area contributed by atoms with E-state index < -0.39 is 0 Å². The third-order valence-electron chi connectivity index (χ3n) is 12.9. The minimum Gasteiger partial charge on any atom is -0.309 e. The summed E-state index contributed by atoms with van der Waals surface area (Å²) >= 11 is 1.65. The highest BCUT2D eigenvalue weighted by Gasteiger charge is 2.19. The average Bonchev–Trinajstić information content (AvgIpc) is 4.13. The summed E-state index contributed by atoms with van der Waals surface area (Å²) in [6.07, 6.45) is 1.64. The summed E-state index contributed by atoms with van der Waals surface area (Å²) in [5.41, 5.74) is 13.8. The van der Waals surface area contributed by atoms with Crippen molar-refractivity contribution in [1.29, 1.82) is 0 Å². The second-order valence-electron chi connectivity index (χ2n) is 16.3. The third kappa shape index (κ3) is 5.11. The molecular formula is C58H35N5S. The summed E-state index contributed by atoms with van der Waals surface area (Å²) in [7, 11) is 0. The maximum atomic E-state index is 8.99. The van der Waals surface area contributed by atoms with Crippen molar-refractivity contribution >= 4 is 97.1 Å². The number of fused-ring (bicyclic) bond motifs is 12. The molecule has 0 bridgehead atoms. The van der Waals surface area contributed by atoms with Gasteiger partial charge in [-0.3, -0.25) is 0 Å². The number of hydrogen-bond donors (Lipinski definition) is 0. The van der Waals surface area contributed by atoms with Crippen LogP contribution < -0.4 is 0 Å². The predicted molar refractivity (Wildman–Crippen MR) is 269 cm³/mol. The zero-order valence-corrected chi connectivity index (χ0v) is 34.9. The van der Waals surface area contributed by atoms with Gasteiger partial charge in [0.1, 0.15) is 6.33 Å². The van der Waals surface area contributed by atoms with Crippen molar-refractivity contribution in [2.24, 2.45) is 0 Å². The van der Waals surface area contributed by atoms with Gasteiger partial charge in [0.15, 0.2) is 0 Å². The van der Waals surface area contributed by atoms with Gasteiger partial charge in [-0.05, 0) is 96.0 Å². The van der Waals surface area contributed by atoms with E-state index in [-0.39, 0.29) is 24.2 Å². The van der Waals surface area contributed by atoms with Crippen molar-refractivity contribution in [1.82, 2.24) is 23.7 Å². The lowest BCUT2D eigenvalue weighted by Gasteiger charge is -2.11. The molecule has 5 nitrogen and oxygen atoms in total. The predicted octanol–water partition coefficient (Wildman–Crippen LogP) is 15.5. The Morgan fingerprint density at radius 2 is 0.984 bits per heavy atom. The maximum Gasteiger partial charge on any atom is 0.116 e. The van der Waals surface area contributed by atoms with Gasteiger partial charge in [0.2, 0.25) is 0 Å². The van der Waals surface area contributed by atoms with E-state index in [0.717, 1.165) is 81.7 Å². The Balaban J connectivity index is 0.909. The average molecular weight is 838 g/mol. The van der Waals surface area contributed by atoms with Crippen LogP contribution in [0.1, 0.15) is 5.48 Å². The minimum absolute atomic E-state index is 0.0412. The molecule has 298 valence electrons. The van der Waals surface area contributed by atoms with Gasteiger partial charge in [-0.2, -0.15) is 0 Å². The molecule has 6 heteroatoms. The fraction of sp³-hybridized carbons (Fsp3) is 0. The molecule has 14 aromatic rings. The minimum atomic E-state index is -0.254. The van der Waals surface area contributed by atoms with Gasteiger partial charge in [-0.25, -0.2) is 9.97 Å². The van der Waals surface area contributed by atoms with E-state index in [2.05, 4.69) is 161 Å². The molecule has 0 atom stereocenters. The SMILES string of the molecule is [2H]c1c([2H])c([2H])c2c(c1[2H])c1ccccc1n2-c1ccc2sc3c(-c4cccc(-n5c6ccccc6c6ccc(-c7ccc8c(c7)c7ccccc7n8-c7ccccc7)cc65)c4)ncnc3c2c1. The lowest BCUT2D eigenvalue weighted by atomic mass is 10.0. The van der Waals surface area contributed by atoms with Crippen LogP contribution in [-0.4, -0.2) is 23.7 Å². The number of aromatic nitrogens is 5. The Morgan fingerprint density at radius 3 is 1.80 bits per heavy atom. The van der Waals surface area contributed by atoms with Crippen molar-refractivity contribution < 1.29 is 5.48 Å². The number of hydrogen-bond acceptors (Lipinski definition) is 3. The van der Waals surface area contributed by atoms with Crippen molar-refractivity contribution in [3.8, 4) is 39.4 Å². The first-order valence-corrected chi connectivity index (χ1v) is 22.1. The molecule has 0 spiro atoms. The molecule has 64 heavy (non-hydrogen) atoms. The Morgan fingerprint density at radius 1 is 0.375 bits per heavy atom. The van der Waals surface area contributed by atoms with Gasteiger partial charge < -0.3 is 13.7 Å². The van der Waals surface area contributed by atoms with Crippen LogP contribution in [-0.2, 0) is 0 Å². The highest BCUT2D eigenvalue weighted by Crippen LogP contribution is 2.42. The number of nitrogens with zero attached hydrogens (tertiary/aromatic N) is 5. The van der Waals surface area contributed by atoms with E-state index in [0.29, 0.717) is 10.9 Å². The quantitative estimate of drug-likeness (QED) is 0.173. The molecule has 0 aliphatic carbocycles. The van der Waals surface area contributed by atoms with E-state index in [1.54, 1.807) is 17.7 Å². The normalized spacial score (nSPS) is 12.9. The molecule has 0 N–H and O–H groups in total. The smallest absolute Gasteiger partial charge is 0.116 e. The van der Waals surface area contributed by atoms with Crippen LogP contribution in [0.25, 0.3) is 125 Å². The Bertz CT molecular complexity index is 4450. The van der Waals surface area contributed by atoms with Crippen LogP contribution in [0.3, 0.4) is 0 Å². The molecule has 0 aliphatic rings. The van der Waals surface area contributed by atoms with Crippen LogP contribution in [0.5, 0.6) is 0 Å². The van der Waals surface area contributed by atoms with Crippen LogP contribution in [0.2, 0.25) is 0 Å². The molecule has 5 heterocycles. The number of rotatable bonds is 5. The van der Waals surface area contributed by atoms with E-state index in [1.165, 1.54) is 32.6 Å². The van der Waals surface area contributed by atoms with Gasteiger partial charge in [-0.1, -0.05) is 121 Å². The van der Waals surface area contributed by atoms with Crippen LogP contribution in [0.4, 0.5) is 0 Å². The van der Waals surface area contributed by atoms with E-state index in [1.807, 2.05) is 34.9 Å². The molecule has 0 saturated carbocycles. The molecule has 9 aromatic carbocycles. The second-order valence-corrected chi connectivity index (χ2v) is 17.4. The standard InChI is InChI=1S/C58H35N5S/c1-2-14-39(15-3-1)61-52-24-11-7-20-45(52)47-32-36(26-29-53(47)61)37-25-28-46-44-19-6-10-23-51(44)63(54(46)33-37)40-16-12-13-38(31-40)56-58-57(60-35-59-56)48-34-41(27-30-55(48)64-58)62-49-21-8-4-17-42(49)43-18-5-9-22-50(43)62/h1-35H/i4D,8D,17D,21D. The van der Waals surface area contributed by atoms with E-state index in [9.17, 15) is 0 Å². The number of para-hydroxylation sites is 5. The molecule has 0 radical (unpaired) electrons. The highest BCUT2D eigenvalue weighted by molar-refractivity contribution is 7.26. The molecule has 0 amide bonds. The maximum absolute atomic E-state index is 8.99. The highest BCUT2D eigenvalue weighted by atomic mass is 32.1. The summed E-state index contributed by atoms with van der Waals surface area (Å²) < 4.78 is 43.5. The Hall–Kier alpha value is -8.32. The molecule has 0 saturated heterocycles. The number of benzene rings is 9. The summed E-state index contributed by atoms with van der Waals surface area (Å²) in [4.78, 5) is 9.80. The topological polar surface area (TPSA) is 40.6 Å². The first kappa shape index (κ1) is 31.5. The lowest BCUT2D eigenvalue weighted by Crippen LogP contribution is -1.95. The van der Waals surface area contributed by atoms with Crippen LogP contribution >= 0.6 is 11.3 Å². The summed E-state index contributed by atoms with van der Waals surface area (Å²) in [5.74, 6) is 0. The van der Waals surface area contributed by atoms with Gasteiger partial charge in [0, 0.05) is 65.0 Å². The first-order chi connectivity index (χ1) is 33.4. The van der Waals surface area contributed by atoms with Crippen molar-refractivity contribution in [3.63, 3.8) is 0 Å². The summed E-state index contributed by atoms with van der Waals surface area (Å²) in [6, 6.07) is 63.5. The van der Waals surface area contributed by atoms with E-state index >= 15 is 0 Å². The van der Waals surface area contributed by atoms with Gasteiger partial charge in [-0.15, -0.1) is 11.3 Å². The fourth-order valence-corrected chi connectivity index (χ4v) is 11.2. The molecule has 0 fully saturated rings. The zero-order chi connectivity index (χ0) is 45.4. The third-order valence-corrected chi connectivity index (χ3v) is 14.0. The van der Waals surface area contributed by atoms with Crippen molar-refractivity contribution in [2.45, 2.75) is 0 Å². The Kier molecular flexibility index (Phi) is 6.69. The largest absolute Gasteiger partial charge is 0.309 e. The van der Waals surface area contributed by atoms with Gasteiger partial charge in [0.25, 0.3) is 0 Å². The Labute approximate surface area is 376 Å². The number of thiophene rings is 1. The lowest BCUT2D eigenvalue weighted by molar-refractivity contribution is 1.17. The molecule has 5 aromatic heterocycles.